The zero-order chi connectivity index (χ0) is 12.5. The van der Waals surface area contributed by atoms with Gasteiger partial charge in [-0.2, -0.15) is 0 Å². The predicted octanol–water partition coefficient (Wildman–Crippen LogP) is -1.30. The van der Waals surface area contributed by atoms with Crippen LogP contribution in [0, 0.1) is 0 Å². The van der Waals surface area contributed by atoms with Crippen molar-refractivity contribution < 1.29 is 24.4 Å². The van der Waals surface area contributed by atoms with Crippen LogP contribution in [0.4, 0.5) is 0 Å². The smallest absolute Gasteiger partial charge is 0.0932 e. The van der Waals surface area contributed by atoms with Crippen LogP contribution in [0.15, 0.2) is 0 Å². The number of aliphatic hydroxyl groups is 2. The minimum absolute atomic E-state index is 0.0247. The van der Waals surface area contributed by atoms with Crippen molar-refractivity contribution in [3.8, 4) is 0 Å². The van der Waals surface area contributed by atoms with Crippen molar-refractivity contribution in [1.82, 2.24) is 4.90 Å². The van der Waals surface area contributed by atoms with Gasteiger partial charge in [-0.3, -0.25) is 4.90 Å². The van der Waals surface area contributed by atoms with E-state index in [1.165, 1.54) is 0 Å². The van der Waals surface area contributed by atoms with Crippen molar-refractivity contribution in [3.05, 3.63) is 0 Å². The molecule has 17 heavy (non-hydrogen) atoms. The summed E-state index contributed by atoms with van der Waals surface area (Å²) in [6.45, 7) is 3.96. The summed E-state index contributed by atoms with van der Waals surface area (Å²) in [5.74, 6) is 0. The van der Waals surface area contributed by atoms with Gasteiger partial charge < -0.3 is 24.4 Å². The molecule has 0 saturated carbocycles. The summed E-state index contributed by atoms with van der Waals surface area (Å²) < 4.78 is 15.4. The number of hydrogen-bond acceptors (Lipinski definition) is 6. The van der Waals surface area contributed by atoms with Crippen molar-refractivity contribution >= 4 is 0 Å². The van der Waals surface area contributed by atoms with Crippen LogP contribution in [0.2, 0.25) is 0 Å². The number of β-amino-alcohol motifs (C(OH)–C–C–N with tert-alkyl or cyclic N) is 1. The highest BCUT2D eigenvalue weighted by Crippen LogP contribution is 2.05. The lowest BCUT2D eigenvalue weighted by atomic mass is 10.2. The lowest BCUT2D eigenvalue weighted by Gasteiger charge is -2.33. The summed E-state index contributed by atoms with van der Waals surface area (Å²) in [6.07, 6.45) is -0.644. The monoisotopic (exact) mass is 249 g/mol. The van der Waals surface area contributed by atoms with Gasteiger partial charge in [-0.05, 0) is 0 Å². The number of hydrogen-bond donors (Lipinski definition) is 2. The number of aliphatic hydroxyl groups excluding tert-OH is 2. The molecule has 1 aliphatic rings. The Morgan fingerprint density at radius 2 is 2.29 bits per heavy atom. The lowest BCUT2D eigenvalue weighted by Crippen LogP contribution is -2.47. The quantitative estimate of drug-likeness (QED) is 0.521. The van der Waals surface area contributed by atoms with Crippen LogP contribution in [0.5, 0.6) is 0 Å². The standard InChI is InChI=1S/C11H23NO5/c1-15-4-5-16-9-10(14)6-12-2-3-17-11(7-12)8-13/h10-11,13-14H,2-9H2,1H3. The summed E-state index contributed by atoms with van der Waals surface area (Å²) in [5.41, 5.74) is 0. The summed E-state index contributed by atoms with van der Waals surface area (Å²) in [5, 5.41) is 18.7. The molecule has 0 aliphatic carbocycles. The predicted molar refractivity (Wildman–Crippen MR) is 62.0 cm³/mol. The SMILES string of the molecule is COCCOCC(O)CN1CCOC(CO)C1. The van der Waals surface area contributed by atoms with Crippen molar-refractivity contribution in [2.75, 3.05) is 59.8 Å². The third kappa shape index (κ3) is 6.30. The molecule has 102 valence electrons. The molecule has 0 aromatic rings. The summed E-state index contributed by atoms with van der Waals surface area (Å²) in [6, 6.07) is 0. The molecule has 1 heterocycles. The van der Waals surface area contributed by atoms with Gasteiger partial charge in [0.05, 0.1) is 45.2 Å². The molecule has 2 unspecified atom stereocenters. The van der Waals surface area contributed by atoms with E-state index in [1.807, 2.05) is 0 Å². The van der Waals surface area contributed by atoms with Crippen LogP contribution >= 0.6 is 0 Å². The van der Waals surface area contributed by atoms with Gasteiger partial charge in [-0.25, -0.2) is 0 Å². The Bertz CT molecular complexity index is 193. The van der Waals surface area contributed by atoms with E-state index < -0.39 is 6.10 Å². The highest BCUT2D eigenvalue weighted by Gasteiger charge is 2.21. The Morgan fingerprint density at radius 3 is 3.00 bits per heavy atom. The van der Waals surface area contributed by atoms with Gasteiger partial charge in [0.2, 0.25) is 0 Å². The first kappa shape index (κ1) is 14.8. The number of nitrogens with zero attached hydrogens (tertiary/aromatic N) is 1. The molecule has 0 spiro atoms. The topological polar surface area (TPSA) is 71.4 Å². The fraction of sp³-hybridized carbons (Fsp3) is 1.00. The first-order valence-electron chi connectivity index (χ1n) is 5.95. The van der Waals surface area contributed by atoms with E-state index in [9.17, 15) is 5.11 Å². The lowest BCUT2D eigenvalue weighted by molar-refractivity contribution is -0.0694. The van der Waals surface area contributed by atoms with Crippen molar-refractivity contribution in [2.24, 2.45) is 0 Å². The molecule has 1 aliphatic heterocycles. The van der Waals surface area contributed by atoms with Gasteiger partial charge in [0.1, 0.15) is 0 Å². The summed E-state index contributed by atoms with van der Waals surface area (Å²) >= 11 is 0. The molecule has 1 fully saturated rings. The van der Waals surface area contributed by atoms with E-state index in [0.717, 1.165) is 6.54 Å². The Labute approximate surface area is 102 Å². The first-order chi connectivity index (χ1) is 8.26. The molecule has 2 atom stereocenters. The maximum Gasteiger partial charge on any atom is 0.0932 e. The van der Waals surface area contributed by atoms with Crippen LogP contribution < -0.4 is 0 Å². The van der Waals surface area contributed by atoms with Crippen molar-refractivity contribution in [1.29, 1.82) is 0 Å². The maximum atomic E-state index is 9.75. The second-order valence-corrected chi connectivity index (χ2v) is 4.16. The van der Waals surface area contributed by atoms with Gasteiger partial charge in [0.15, 0.2) is 0 Å². The largest absolute Gasteiger partial charge is 0.394 e. The summed E-state index contributed by atoms with van der Waals surface area (Å²) in [4.78, 5) is 2.08. The van der Waals surface area contributed by atoms with Crippen molar-refractivity contribution in [3.63, 3.8) is 0 Å². The zero-order valence-electron chi connectivity index (χ0n) is 10.4. The highest BCUT2D eigenvalue weighted by atomic mass is 16.5. The minimum atomic E-state index is -0.510. The molecule has 1 saturated heterocycles. The van der Waals surface area contributed by atoms with Gasteiger partial charge >= 0.3 is 0 Å². The van der Waals surface area contributed by atoms with E-state index in [4.69, 9.17) is 19.3 Å². The zero-order valence-corrected chi connectivity index (χ0v) is 10.4. The average Bonchev–Trinajstić information content (AvgIpc) is 2.35. The second-order valence-electron chi connectivity index (χ2n) is 4.16. The second kappa shape index (κ2) is 8.79. The highest BCUT2D eigenvalue weighted by molar-refractivity contribution is 4.73. The van der Waals surface area contributed by atoms with Crippen LogP contribution in [-0.2, 0) is 14.2 Å². The van der Waals surface area contributed by atoms with E-state index in [0.29, 0.717) is 39.5 Å². The fourth-order valence-corrected chi connectivity index (χ4v) is 1.77. The Balaban J connectivity index is 2.10. The molecule has 6 nitrogen and oxygen atoms in total. The van der Waals surface area contributed by atoms with Gasteiger partial charge in [0, 0.05) is 26.7 Å². The first-order valence-corrected chi connectivity index (χ1v) is 5.95. The Kier molecular flexibility index (Phi) is 7.67. The molecule has 1 rings (SSSR count). The number of ether oxygens (including phenoxy) is 3. The molecule has 2 N–H and O–H groups in total. The summed E-state index contributed by atoms with van der Waals surface area (Å²) in [7, 11) is 1.61. The van der Waals surface area contributed by atoms with Crippen LogP contribution in [0.3, 0.4) is 0 Å². The molecule has 6 heteroatoms. The number of morpholine rings is 1. The number of rotatable bonds is 8. The Morgan fingerprint density at radius 1 is 1.47 bits per heavy atom. The van der Waals surface area contributed by atoms with Gasteiger partial charge in [-0.15, -0.1) is 0 Å². The van der Waals surface area contributed by atoms with Crippen LogP contribution in [-0.4, -0.2) is 87.1 Å². The minimum Gasteiger partial charge on any atom is -0.394 e. The van der Waals surface area contributed by atoms with Gasteiger partial charge in [-0.1, -0.05) is 0 Å². The Hall–Kier alpha value is -0.240. The molecular weight excluding hydrogens is 226 g/mol. The van der Waals surface area contributed by atoms with Crippen LogP contribution in [0.25, 0.3) is 0 Å². The average molecular weight is 249 g/mol. The third-order valence-electron chi connectivity index (χ3n) is 2.64. The number of methoxy groups -OCH3 is 1. The molecule has 0 aromatic carbocycles. The molecule has 0 bridgehead atoms. The molecule has 0 radical (unpaired) electrons. The van der Waals surface area contributed by atoms with E-state index >= 15 is 0 Å². The normalized spacial score (nSPS) is 23.8. The van der Waals surface area contributed by atoms with Gasteiger partial charge in [0.25, 0.3) is 0 Å². The van der Waals surface area contributed by atoms with Crippen LogP contribution in [0.1, 0.15) is 0 Å². The molecular formula is C11H23NO5. The molecule has 0 amide bonds. The van der Waals surface area contributed by atoms with E-state index in [1.54, 1.807) is 7.11 Å². The van der Waals surface area contributed by atoms with E-state index in [2.05, 4.69) is 4.90 Å². The van der Waals surface area contributed by atoms with Crippen molar-refractivity contribution in [2.45, 2.75) is 12.2 Å². The fourth-order valence-electron chi connectivity index (χ4n) is 1.77. The third-order valence-corrected chi connectivity index (χ3v) is 2.64. The van der Waals surface area contributed by atoms with E-state index in [-0.39, 0.29) is 12.7 Å². The maximum absolute atomic E-state index is 9.75. The molecule has 0 aromatic heterocycles.